The first-order valence-electron chi connectivity index (χ1n) is 3.71. The fourth-order valence-corrected chi connectivity index (χ4v) is 2.72. The number of sulfonamides is 1. The molecule has 1 rings (SSSR count). The molecule has 0 aliphatic rings. The largest absolute Gasteiger partial charge is 0.387 e. The van der Waals surface area contributed by atoms with Crippen molar-refractivity contribution < 1.29 is 8.42 Å². The van der Waals surface area contributed by atoms with Crippen molar-refractivity contribution in [3.8, 4) is 0 Å². The normalized spacial score (nSPS) is 12.9. The highest BCUT2D eigenvalue weighted by molar-refractivity contribution is 9.10. The predicted molar refractivity (Wildman–Crippen MR) is 61.4 cm³/mol. The van der Waals surface area contributed by atoms with Crippen LogP contribution in [0.4, 0.5) is 0 Å². The summed E-state index contributed by atoms with van der Waals surface area (Å²) in [5.41, 5.74) is 5.20. The highest BCUT2D eigenvalue weighted by Gasteiger charge is 2.18. The molecule has 2 N–H and O–H groups in total. The van der Waals surface area contributed by atoms with Crippen LogP contribution in [0.15, 0.2) is 26.0 Å². The van der Waals surface area contributed by atoms with Crippen LogP contribution in [0.25, 0.3) is 0 Å². The molecular formula is C7H7BrClN3O2S. The number of amidine groups is 1. The van der Waals surface area contributed by atoms with Gasteiger partial charge in [0.2, 0.25) is 0 Å². The minimum absolute atomic E-state index is 0.0638. The lowest BCUT2D eigenvalue weighted by atomic mass is 10.5. The summed E-state index contributed by atoms with van der Waals surface area (Å²) in [7, 11) is -3.87. The third-order valence-electron chi connectivity index (χ3n) is 1.32. The van der Waals surface area contributed by atoms with Gasteiger partial charge < -0.3 is 5.73 Å². The molecule has 15 heavy (non-hydrogen) atoms. The Bertz CT molecular complexity index is 511. The first-order chi connectivity index (χ1) is 6.83. The molecule has 82 valence electrons. The maximum Gasteiger partial charge on any atom is 0.287 e. The first-order valence-corrected chi connectivity index (χ1v) is 6.32. The monoisotopic (exact) mass is 311 g/mol. The van der Waals surface area contributed by atoms with E-state index in [1.54, 1.807) is 0 Å². The molecule has 1 heterocycles. The number of hydrogen-bond donors (Lipinski definition) is 1. The van der Waals surface area contributed by atoms with E-state index in [-0.39, 0.29) is 15.9 Å². The molecule has 0 spiro atoms. The number of rotatable bonds is 2. The molecule has 0 bridgehead atoms. The topological polar surface area (TPSA) is 85.4 Å². The van der Waals surface area contributed by atoms with Gasteiger partial charge in [0.15, 0.2) is 0 Å². The summed E-state index contributed by atoms with van der Waals surface area (Å²) in [5, 5.41) is -0.136. The van der Waals surface area contributed by atoms with Gasteiger partial charge in [-0.15, -0.1) is 4.40 Å². The van der Waals surface area contributed by atoms with Gasteiger partial charge >= 0.3 is 0 Å². The molecule has 0 atom stereocenters. The third kappa shape index (κ3) is 3.15. The lowest BCUT2D eigenvalue weighted by Gasteiger charge is -2.01. The molecule has 0 saturated carbocycles. The Balaban J connectivity index is 3.40. The molecule has 0 saturated heterocycles. The van der Waals surface area contributed by atoms with E-state index >= 15 is 0 Å². The second kappa shape index (κ2) is 4.46. The fourth-order valence-electron chi connectivity index (χ4n) is 0.824. The van der Waals surface area contributed by atoms with Crippen molar-refractivity contribution in [2.75, 3.05) is 0 Å². The Morgan fingerprint density at radius 3 is 2.80 bits per heavy atom. The van der Waals surface area contributed by atoms with E-state index in [0.717, 1.165) is 0 Å². The van der Waals surface area contributed by atoms with Gasteiger partial charge in [0.25, 0.3) is 10.0 Å². The Kier molecular flexibility index (Phi) is 3.69. The van der Waals surface area contributed by atoms with Crippen molar-refractivity contribution >= 4 is 43.4 Å². The zero-order valence-electron chi connectivity index (χ0n) is 7.61. The molecule has 0 amide bonds. The maximum absolute atomic E-state index is 11.6. The summed E-state index contributed by atoms with van der Waals surface area (Å²) in [4.78, 5) is 3.50. The van der Waals surface area contributed by atoms with E-state index in [4.69, 9.17) is 17.3 Å². The van der Waals surface area contributed by atoms with Crippen LogP contribution >= 0.6 is 27.5 Å². The second-order valence-corrected chi connectivity index (χ2v) is 5.50. The van der Waals surface area contributed by atoms with E-state index in [1.807, 2.05) is 0 Å². The Labute approximate surface area is 101 Å². The molecule has 1 aromatic rings. The van der Waals surface area contributed by atoms with E-state index in [0.29, 0.717) is 4.47 Å². The predicted octanol–water partition coefficient (Wildman–Crippen LogP) is 1.56. The van der Waals surface area contributed by atoms with Crippen molar-refractivity contribution in [2.45, 2.75) is 11.8 Å². The minimum Gasteiger partial charge on any atom is -0.387 e. The summed E-state index contributed by atoms with van der Waals surface area (Å²) in [6.45, 7) is 1.37. The highest BCUT2D eigenvalue weighted by atomic mass is 79.9. The van der Waals surface area contributed by atoms with Crippen molar-refractivity contribution in [3.05, 3.63) is 21.9 Å². The number of hydrogen-bond acceptors (Lipinski definition) is 3. The van der Waals surface area contributed by atoms with Crippen LogP contribution in [0.1, 0.15) is 6.92 Å². The van der Waals surface area contributed by atoms with Crippen LogP contribution in [0, 0.1) is 0 Å². The summed E-state index contributed by atoms with van der Waals surface area (Å²) >= 11 is 8.73. The van der Waals surface area contributed by atoms with Gasteiger partial charge in [-0.1, -0.05) is 11.6 Å². The van der Waals surface area contributed by atoms with Crippen molar-refractivity contribution in [1.29, 1.82) is 0 Å². The molecule has 1 aromatic heterocycles. The van der Waals surface area contributed by atoms with Crippen LogP contribution in [0.3, 0.4) is 0 Å². The number of halogens is 2. The zero-order chi connectivity index (χ0) is 11.6. The van der Waals surface area contributed by atoms with Crippen molar-refractivity contribution in [2.24, 2.45) is 10.1 Å². The quantitative estimate of drug-likeness (QED) is 0.510. The fraction of sp³-hybridized carbons (Fsp3) is 0.143. The van der Waals surface area contributed by atoms with E-state index < -0.39 is 10.0 Å². The van der Waals surface area contributed by atoms with E-state index in [9.17, 15) is 8.42 Å². The van der Waals surface area contributed by atoms with E-state index in [1.165, 1.54) is 19.2 Å². The summed E-state index contributed by atoms with van der Waals surface area (Å²) < 4.78 is 27.0. The Morgan fingerprint density at radius 2 is 2.27 bits per heavy atom. The zero-order valence-corrected chi connectivity index (χ0v) is 10.8. The van der Waals surface area contributed by atoms with Gasteiger partial charge in [0.05, 0.1) is 0 Å². The van der Waals surface area contributed by atoms with Crippen LogP contribution in [0.2, 0.25) is 5.15 Å². The number of pyridine rings is 1. The molecule has 5 nitrogen and oxygen atoms in total. The first kappa shape index (κ1) is 12.4. The summed E-state index contributed by atoms with van der Waals surface area (Å²) in [5.74, 6) is -0.0638. The van der Waals surface area contributed by atoms with Crippen molar-refractivity contribution in [3.63, 3.8) is 0 Å². The van der Waals surface area contributed by atoms with Gasteiger partial charge in [-0.3, -0.25) is 0 Å². The van der Waals surface area contributed by atoms with Gasteiger partial charge in [-0.25, -0.2) is 4.98 Å². The van der Waals surface area contributed by atoms with Crippen LogP contribution in [0.5, 0.6) is 0 Å². The Morgan fingerprint density at radius 1 is 1.67 bits per heavy atom. The Hall–Kier alpha value is -0.660. The maximum atomic E-state index is 11.6. The highest BCUT2D eigenvalue weighted by Crippen LogP contribution is 2.24. The lowest BCUT2D eigenvalue weighted by molar-refractivity contribution is 0.597. The SMILES string of the molecule is C/C(N)=N\S(=O)(=O)c1cc(Br)cnc1Cl. The standard InChI is InChI=1S/C7H7BrClN3O2S/c1-4(10)12-15(13,14)6-2-5(8)3-11-7(6)9/h2-3H,1H3,(H2,10,12). The lowest BCUT2D eigenvalue weighted by Crippen LogP contribution is -2.10. The molecule has 0 aromatic carbocycles. The van der Waals surface area contributed by atoms with Crippen LogP contribution in [-0.2, 0) is 10.0 Å². The summed E-state index contributed by atoms with van der Waals surface area (Å²) in [6, 6.07) is 1.32. The van der Waals surface area contributed by atoms with Gasteiger partial charge in [0.1, 0.15) is 15.9 Å². The minimum atomic E-state index is -3.87. The average Bonchev–Trinajstić information content (AvgIpc) is 2.06. The number of aromatic nitrogens is 1. The average molecular weight is 313 g/mol. The molecule has 0 aliphatic heterocycles. The molecule has 0 aliphatic carbocycles. The molecular weight excluding hydrogens is 306 g/mol. The van der Waals surface area contributed by atoms with Gasteiger partial charge in [0, 0.05) is 10.7 Å². The summed E-state index contributed by atoms with van der Waals surface area (Å²) in [6.07, 6.45) is 1.39. The molecule has 0 fully saturated rings. The second-order valence-electron chi connectivity index (χ2n) is 2.65. The van der Waals surface area contributed by atoms with Crippen LogP contribution in [-0.4, -0.2) is 19.2 Å². The van der Waals surface area contributed by atoms with E-state index in [2.05, 4.69) is 25.3 Å². The number of nitrogens with two attached hydrogens (primary N) is 1. The smallest absolute Gasteiger partial charge is 0.287 e. The molecule has 0 unspecified atom stereocenters. The molecule has 8 heteroatoms. The van der Waals surface area contributed by atoms with Crippen LogP contribution < -0.4 is 5.73 Å². The van der Waals surface area contributed by atoms with Gasteiger partial charge in [-0.2, -0.15) is 8.42 Å². The third-order valence-corrected chi connectivity index (χ3v) is 3.56. The number of nitrogens with zero attached hydrogens (tertiary/aromatic N) is 2. The molecule has 0 radical (unpaired) electrons. The van der Waals surface area contributed by atoms with Crippen molar-refractivity contribution in [1.82, 2.24) is 4.98 Å². The van der Waals surface area contributed by atoms with Gasteiger partial charge in [-0.05, 0) is 28.9 Å².